The number of nitrogens with zero attached hydrogens (tertiary/aromatic N) is 1. The van der Waals surface area contributed by atoms with Crippen molar-refractivity contribution < 1.29 is 4.74 Å². The van der Waals surface area contributed by atoms with Gasteiger partial charge in [-0.3, -0.25) is 0 Å². The lowest BCUT2D eigenvalue weighted by Crippen LogP contribution is -2.53. The molecule has 3 heteroatoms. The molecule has 2 N–H and O–H groups in total. The van der Waals surface area contributed by atoms with E-state index < -0.39 is 0 Å². The van der Waals surface area contributed by atoms with Gasteiger partial charge in [0.2, 0.25) is 0 Å². The third-order valence-electron chi connectivity index (χ3n) is 4.74. The minimum atomic E-state index is 0.0634. The van der Waals surface area contributed by atoms with Gasteiger partial charge in [-0.2, -0.15) is 0 Å². The Hall–Kier alpha value is -1.06. The number of nitrogens with two attached hydrogens (primary N) is 1. The van der Waals surface area contributed by atoms with Crippen LogP contribution in [-0.4, -0.2) is 31.1 Å². The molecule has 0 amide bonds. The molecule has 1 fully saturated rings. The summed E-state index contributed by atoms with van der Waals surface area (Å²) >= 11 is 0. The van der Waals surface area contributed by atoms with Crippen molar-refractivity contribution in [3.05, 3.63) is 29.8 Å². The van der Waals surface area contributed by atoms with Crippen molar-refractivity contribution in [1.82, 2.24) is 4.90 Å². The van der Waals surface area contributed by atoms with Crippen molar-refractivity contribution in [1.29, 1.82) is 0 Å². The van der Waals surface area contributed by atoms with E-state index in [1.54, 1.807) is 0 Å². The third kappa shape index (κ3) is 2.99. The summed E-state index contributed by atoms with van der Waals surface area (Å²) in [7, 11) is 4.33. The maximum Gasteiger partial charge on any atom is 0.119 e. The summed E-state index contributed by atoms with van der Waals surface area (Å²) in [4.78, 5) is 2.34. The summed E-state index contributed by atoms with van der Waals surface area (Å²) in [5, 5.41) is 0. The van der Waals surface area contributed by atoms with Crippen molar-refractivity contribution in [3.8, 4) is 5.75 Å². The first-order chi connectivity index (χ1) is 9.60. The van der Waals surface area contributed by atoms with Crippen molar-refractivity contribution in [2.45, 2.75) is 50.6 Å². The van der Waals surface area contributed by atoms with Crippen LogP contribution in [-0.2, 0) is 0 Å². The Kier molecular flexibility index (Phi) is 5.06. The Morgan fingerprint density at radius 2 is 1.75 bits per heavy atom. The van der Waals surface area contributed by atoms with E-state index >= 15 is 0 Å². The molecule has 0 spiro atoms. The lowest BCUT2D eigenvalue weighted by Gasteiger charge is -2.47. The minimum absolute atomic E-state index is 0.0634. The minimum Gasteiger partial charge on any atom is -0.494 e. The van der Waals surface area contributed by atoms with Crippen LogP contribution in [0.4, 0.5) is 0 Å². The van der Waals surface area contributed by atoms with E-state index in [0.717, 1.165) is 5.75 Å². The first-order valence-electron chi connectivity index (χ1n) is 7.76. The van der Waals surface area contributed by atoms with Crippen LogP contribution in [0, 0.1) is 0 Å². The van der Waals surface area contributed by atoms with Crippen LogP contribution in [0.2, 0.25) is 0 Å². The number of likely N-dealkylation sites (N-methyl/N-ethyl adjacent to an activating group) is 1. The van der Waals surface area contributed by atoms with Crippen LogP contribution in [0.3, 0.4) is 0 Å². The van der Waals surface area contributed by atoms with Gasteiger partial charge in [-0.25, -0.2) is 0 Å². The SMILES string of the molecule is CCOc1ccc(C(N)C2(N(C)C)CCCCC2)cc1. The maximum atomic E-state index is 6.65. The Bertz CT molecular complexity index is 408. The number of hydrogen-bond donors (Lipinski definition) is 1. The summed E-state index contributed by atoms with van der Waals surface area (Å²) < 4.78 is 5.51. The summed E-state index contributed by atoms with van der Waals surface area (Å²) in [6, 6.07) is 8.37. The molecule has 2 rings (SSSR count). The lowest BCUT2D eigenvalue weighted by molar-refractivity contribution is 0.0713. The van der Waals surface area contributed by atoms with Gasteiger partial charge in [0.05, 0.1) is 6.61 Å². The number of rotatable bonds is 5. The maximum absolute atomic E-state index is 6.65. The summed E-state index contributed by atoms with van der Waals surface area (Å²) in [6.07, 6.45) is 6.28. The molecule has 0 heterocycles. The Morgan fingerprint density at radius 1 is 1.15 bits per heavy atom. The molecule has 1 aromatic carbocycles. The standard InChI is InChI=1S/C17H28N2O/c1-4-20-15-10-8-14(9-11-15)16(18)17(19(2)3)12-6-5-7-13-17/h8-11,16H,4-7,12-13,18H2,1-3H3. The quantitative estimate of drug-likeness (QED) is 0.896. The van der Waals surface area contributed by atoms with E-state index in [9.17, 15) is 0 Å². The largest absolute Gasteiger partial charge is 0.494 e. The van der Waals surface area contributed by atoms with Gasteiger partial charge in [0.1, 0.15) is 5.75 Å². The van der Waals surface area contributed by atoms with Crippen LogP contribution < -0.4 is 10.5 Å². The highest BCUT2D eigenvalue weighted by atomic mass is 16.5. The summed E-state index contributed by atoms with van der Waals surface area (Å²) in [6.45, 7) is 2.70. The van der Waals surface area contributed by atoms with Gasteiger partial charge >= 0.3 is 0 Å². The molecular weight excluding hydrogens is 248 g/mol. The van der Waals surface area contributed by atoms with Gasteiger partial charge in [0, 0.05) is 11.6 Å². The fourth-order valence-corrected chi connectivity index (χ4v) is 3.45. The fourth-order valence-electron chi connectivity index (χ4n) is 3.45. The highest BCUT2D eigenvalue weighted by Gasteiger charge is 2.40. The average Bonchev–Trinajstić information content (AvgIpc) is 2.48. The number of hydrogen-bond acceptors (Lipinski definition) is 3. The molecule has 1 aromatic rings. The van der Waals surface area contributed by atoms with Crippen molar-refractivity contribution >= 4 is 0 Å². The molecule has 0 saturated heterocycles. The molecule has 1 atom stereocenters. The Labute approximate surface area is 123 Å². The predicted octanol–water partition coefficient (Wildman–Crippen LogP) is 3.35. The molecule has 0 aliphatic heterocycles. The molecule has 1 saturated carbocycles. The first kappa shape index (κ1) is 15.3. The fraction of sp³-hybridized carbons (Fsp3) is 0.647. The van der Waals surface area contributed by atoms with Crippen molar-refractivity contribution in [3.63, 3.8) is 0 Å². The third-order valence-corrected chi connectivity index (χ3v) is 4.74. The lowest BCUT2D eigenvalue weighted by atomic mass is 9.73. The van der Waals surface area contributed by atoms with Crippen LogP contribution in [0.15, 0.2) is 24.3 Å². The highest BCUT2D eigenvalue weighted by Crippen LogP contribution is 2.40. The van der Waals surface area contributed by atoms with Crippen LogP contribution in [0.25, 0.3) is 0 Å². The monoisotopic (exact) mass is 276 g/mol. The van der Waals surface area contributed by atoms with E-state index in [2.05, 4.69) is 31.1 Å². The van der Waals surface area contributed by atoms with Gasteiger partial charge in [-0.05, 0) is 51.6 Å². The molecule has 1 aliphatic carbocycles. The normalized spacial score (nSPS) is 19.9. The molecule has 1 aliphatic rings. The second kappa shape index (κ2) is 6.59. The van der Waals surface area contributed by atoms with Crippen LogP contribution >= 0.6 is 0 Å². The molecule has 3 nitrogen and oxygen atoms in total. The Balaban J connectivity index is 2.20. The van der Waals surface area contributed by atoms with Crippen molar-refractivity contribution in [2.24, 2.45) is 5.73 Å². The number of ether oxygens (including phenoxy) is 1. The molecule has 0 aromatic heterocycles. The van der Waals surface area contributed by atoms with E-state index in [-0.39, 0.29) is 11.6 Å². The molecule has 1 unspecified atom stereocenters. The van der Waals surface area contributed by atoms with Gasteiger partial charge in [0.15, 0.2) is 0 Å². The summed E-state index contributed by atoms with van der Waals surface area (Å²) in [5.74, 6) is 0.922. The van der Waals surface area contributed by atoms with Gasteiger partial charge < -0.3 is 15.4 Å². The molecule has 0 bridgehead atoms. The zero-order valence-corrected chi connectivity index (χ0v) is 13.1. The number of benzene rings is 1. The zero-order valence-electron chi connectivity index (χ0n) is 13.1. The average molecular weight is 276 g/mol. The zero-order chi connectivity index (χ0) is 14.6. The second-order valence-electron chi connectivity index (χ2n) is 6.04. The van der Waals surface area contributed by atoms with Crippen molar-refractivity contribution in [2.75, 3.05) is 20.7 Å². The topological polar surface area (TPSA) is 38.5 Å². The predicted molar refractivity (Wildman–Crippen MR) is 84.0 cm³/mol. The summed E-state index contributed by atoms with van der Waals surface area (Å²) in [5.41, 5.74) is 7.96. The molecule has 0 radical (unpaired) electrons. The van der Waals surface area contributed by atoms with E-state index in [4.69, 9.17) is 10.5 Å². The van der Waals surface area contributed by atoms with Gasteiger partial charge in [-0.15, -0.1) is 0 Å². The first-order valence-corrected chi connectivity index (χ1v) is 7.76. The van der Waals surface area contributed by atoms with Crippen LogP contribution in [0.1, 0.15) is 50.6 Å². The molecular formula is C17H28N2O. The van der Waals surface area contributed by atoms with Gasteiger partial charge in [-0.1, -0.05) is 31.4 Å². The molecule has 20 heavy (non-hydrogen) atoms. The smallest absolute Gasteiger partial charge is 0.119 e. The van der Waals surface area contributed by atoms with E-state index in [1.165, 1.54) is 37.7 Å². The second-order valence-corrected chi connectivity index (χ2v) is 6.04. The highest BCUT2D eigenvalue weighted by molar-refractivity contribution is 5.31. The van der Waals surface area contributed by atoms with Gasteiger partial charge in [0.25, 0.3) is 0 Å². The van der Waals surface area contributed by atoms with E-state index in [1.807, 2.05) is 19.1 Å². The van der Waals surface area contributed by atoms with Crippen LogP contribution in [0.5, 0.6) is 5.75 Å². The Morgan fingerprint density at radius 3 is 2.25 bits per heavy atom. The van der Waals surface area contributed by atoms with E-state index in [0.29, 0.717) is 6.61 Å². The molecule has 112 valence electrons.